The molecule has 0 saturated carbocycles. The fourth-order valence-corrected chi connectivity index (χ4v) is 2.10. The molecule has 0 amide bonds. The molecule has 0 aliphatic carbocycles. The number of pyridine rings is 1. The average Bonchev–Trinajstić information content (AvgIpc) is 2.46. The first-order valence-corrected chi connectivity index (χ1v) is 6.54. The van der Waals surface area contributed by atoms with Gasteiger partial charge >= 0.3 is 5.97 Å². The van der Waals surface area contributed by atoms with E-state index in [9.17, 15) is 4.79 Å². The van der Waals surface area contributed by atoms with Gasteiger partial charge in [-0.2, -0.15) is 0 Å². The summed E-state index contributed by atoms with van der Waals surface area (Å²) in [6, 6.07) is 6.67. The molecule has 5 nitrogen and oxygen atoms in total. The first-order valence-electron chi connectivity index (χ1n) is 6.54. The van der Waals surface area contributed by atoms with Crippen molar-refractivity contribution in [2.45, 2.75) is 20.5 Å². The van der Waals surface area contributed by atoms with Gasteiger partial charge < -0.3 is 15.2 Å². The van der Waals surface area contributed by atoms with E-state index in [1.54, 1.807) is 37.6 Å². The lowest BCUT2D eigenvalue weighted by molar-refractivity contribution is 0.0466. The van der Waals surface area contributed by atoms with Crippen LogP contribution in [0.2, 0.25) is 0 Å². The van der Waals surface area contributed by atoms with Crippen LogP contribution in [0, 0.1) is 13.8 Å². The van der Waals surface area contributed by atoms with Gasteiger partial charge in [-0.25, -0.2) is 4.79 Å². The Morgan fingerprint density at radius 3 is 2.76 bits per heavy atom. The van der Waals surface area contributed by atoms with Crippen molar-refractivity contribution in [3.05, 3.63) is 52.8 Å². The van der Waals surface area contributed by atoms with Gasteiger partial charge in [-0.1, -0.05) is 6.07 Å². The third kappa shape index (κ3) is 3.31. The number of anilines is 1. The normalized spacial score (nSPS) is 10.2. The highest BCUT2D eigenvalue weighted by atomic mass is 16.5. The van der Waals surface area contributed by atoms with E-state index in [2.05, 4.69) is 4.98 Å². The standard InChI is InChI=1S/C16H18N2O3/c1-10-8-18-14(11(2)15(10)20-3)9-21-16(19)12-5-4-6-13(17)7-12/h4-8H,9,17H2,1-3H3. The zero-order chi connectivity index (χ0) is 15.4. The van der Waals surface area contributed by atoms with Crippen molar-refractivity contribution >= 4 is 11.7 Å². The summed E-state index contributed by atoms with van der Waals surface area (Å²) >= 11 is 0. The fourth-order valence-electron chi connectivity index (χ4n) is 2.10. The van der Waals surface area contributed by atoms with E-state index in [1.807, 2.05) is 13.8 Å². The van der Waals surface area contributed by atoms with Crippen molar-refractivity contribution in [2.24, 2.45) is 0 Å². The lowest BCUT2D eigenvalue weighted by Gasteiger charge is -2.12. The number of carbonyl (C=O) groups is 1. The Bertz CT molecular complexity index is 669. The van der Waals surface area contributed by atoms with Gasteiger partial charge in [-0.3, -0.25) is 4.98 Å². The number of hydrogen-bond acceptors (Lipinski definition) is 5. The number of esters is 1. The number of benzene rings is 1. The summed E-state index contributed by atoms with van der Waals surface area (Å²) in [4.78, 5) is 16.3. The maximum absolute atomic E-state index is 12.0. The predicted molar refractivity (Wildman–Crippen MR) is 80.2 cm³/mol. The number of hydrogen-bond donors (Lipinski definition) is 1. The van der Waals surface area contributed by atoms with Gasteiger partial charge in [0.2, 0.25) is 0 Å². The van der Waals surface area contributed by atoms with Gasteiger partial charge in [0.25, 0.3) is 0 Å². The molecule has 0 spiro atoms. The number of nitrogens with zero attached hydrogens (tertiary/aromatic N) is 1. The predicted octanol–water partition coefficient (Wildman–Crippen LogP) is 2.65. The number of ether oxygens (including phenoxy) is 2. The average molecular weight is 286 g/mol. The van der Waals surface area contributed by atoms with Crippen molar-refractivity contribution < 1.29 is 14.3 Å². The highest BCUT2D eigenvalue weighted by Crippen LogP contribution is 2.24. The molecule has 21 heavy (non-hydrogen) atoms. The molecule has 0 saturated heterocycles. The molecule has 2 N–H and O–H groups in total. The first-order chi connectivity index (χ1) is 10.0. The van der Waals surface area contributed by atoms with Crippen molar-refractivity contribution in [1.29, 1.82) is 0 Å². The smallest absolute Gasteiger partial charge is 0.338 e. The topological polar surface area (TPSA) is 74.4 Å². The minimum atomic E-state index is -0.428. The summed E-state index contributed by atoms with van der Waals surface area (Å²) in [5.74, 6) is 0.336. The molecule has 0 fully saturated rings. The van der Waals surface area contributed by atoms with Crippen LogP contribution in [0.3, 0.4) is 0 Å². The van der Waals surface area contributed by atoms with Gasteiger partial charge in [-0.15, -0.1) is 0 Å². The summed E-state index contributed by atoms with van der Waals surface area (Å²) in [6.07, 6.45) is 1.70. The highest BCUT2D eigenvalue weighted by molar-refractivity contribution is 5.90. The SMILES string of the molecule is COc1c(C)cnc(COC(=O)c2cccc(N)c2)c1C. The van der Waals surface area contributed by atoms with Gasteiger partial charge in [0.1, 0.15) is 12.4 Å². The van der Waals surface area contributed by atoms with E-state index in [4.69, 9.17) is 15.2 Å². The number of aryl methyl sites for hydroxylation is 1. The molecule has 0 unspecified atom stereocenters. The van der Waals surface area contributed by atoms with Crippen LogP contribution in [0.25, 0.3) is 0 Å². The van der Waals surface area contributed by atoms with Crippen molar-refractivity contribution in [3.8, 4) is 5.75 Å². The Balaban J connectivity index is 2.12. The Hall–Kier alpha value is -2.56. The molecule has 2 aromatic rings. The monoisotopic (exact) mass is 286 g/mol. The van der Waals surface area contributed by atoms with Crippen molar-refractivity contribution in [1.82, 2.24) is 4.98 Å². The largest absolute Gasteiger partial charge is 0.496 e. The first kappa shape index (κ1) is 14.8. The third-order valence-corrected chi connectivity index (χ3v) is 3.21. The van der Waals surface area contributed by atoms with E-state index in [1.165, 1.54) is 0 Å². The van der Waals surface area contributed by atoms with Gasteiger partial charge in [0.05, 0.1) is 18.4 Å². The zero-order valence-corrected chi connectivity index (χ0v) is 12.3. The summed E-state index contributed by atoms with van der Waals surface area (Å²) in [6.45, 7) is 3.90. The van der Waals surface area contributed by atoms with Crippen LogP contribution in [0.4, 0.5) is 5.69 Å². The highest BCUT2D eigenvalue weighted by Gasteiger charge is 2.12. The molecule has 0 aliphatic rings. The van der Waals surface area contributed by atoms with E-state index in [0.29, 0.717) is 16.9 Å². The van der Waals surface area contributed by atoms with Crippen LogP contribution in [0.5, 0.6) is 5.75 Å². The molecule has 0 atom stereocenters. The van der Waals surface area contributed by atoms with E-state index < -0.39 is 5.97 Å². The van der Waals surface area contributed by atoms with Gasteiger partial charge in [0, 0.05) is 23.0 Å². The molecule has 2 rings (SSSR count). The van der Waals surface area contributed by atoms with Gasteiger partial charge in [-0.05, 0) is 32.0 Å². The second-order valence-corrected chi connectivity index (χ2v) is 4.75. The molecular formula is C16H18N2O3. The maximum atomic E-state index is 12.0. The summed E-state index contributed by atoms with van der Waals surface area (Å²) in [5, 5.41) is 0. The zero-order valence-electron chi connectivity index (χ0n) is 12.3. The summed E-state index contributed by atoms with van der Waals surface area (Å²) in [5.41, 5.74) is 9.09. The molecule has 0 aliphatic heterocycles. The number of rotatable bonds is 4. The minimum absolute atomic E-state index is 0.0934. The molecule has 1 aromatic heterocycles. The minimum Gasteiger partial charge on any atom is -0.496 e. The lowest BCUT2D eigenvalue weighted by atomic mass is 10.1. The van der Waals surface area contributed by atoms with Crippen LogP contribution in [0.15, 0.2) is 30.5 Å². The van der Waals surface area contributed by atoms with Crippen molar-refractivity contribution in [2.75, 3.05) is 12.8 Å². The molecular weight excluding hydrogens is 268 g/mol. The van der Waals surface area contributed by atoms with Crippen molar-refractivity contribution in [3.63, 3.8) is 0 Å². The Labute approximate surface area is 123 Å². The number of nitrogens with two attached hydrogens (primary N) is 1. The van der Waals surface area contributed by atoms with Crippen LogP contribution < -0.4 is 10.5 Å². The molecule has 1 heterocycles. The summed E-state index contributed by atoms with van der Waals surface area (Å²) in [7, 11) is 1.61. The number of nitrogen functional groups attached to an aromatic ring is 1. The third-order valence-electron chi connectivity index (χ3n) is 3.21. The maximum Gasteiger partial charge on any atom is 0.338 e. The lowest BCUT2D eigenvalue weighted by Crippen LogP contribution is -2.08. The van der Waals surface area contributed by atoms with E-state index in [-0.39, 0.29) is 6.61 Å². The number of methoxy groups -OCH3 is 1. The molecule has 110 valence electrons. The number of carbonyl (C=O) groups excluding carboxylic acids is 1. The second kappa shape index (κ2) is 6.26. The molecule has 5 heteroatoms. The molecule has 0 bridgehead atoms. The van der Waals surface area contributed by atoms with Crippen LogP contribution in [-0.4, -0.2) is 18.1 Å². The van der Waals surface area contributed by atoms with E-state index in [0.717, 1.165) is 16.9 Å². The Morgan fingerprint density at radius 2 is 2.10 bits per heavy atom. The van der Waals surface area contributed by atoms with E-state index >= 15 is 0 Å². The van der Waals surface area contributed by atoms with Crippen LogP contribution in [0.1, 0.15) is 27.2 Å². The Morgan fingerprint density at radius 1 is 1.33 bits per heavy atom. The number of aromatic nitrogens is 1. The quantitative estimate of drug-likeness (QED) is 0.691. The van der Waals surface area contributed by atoms with Gasteiger partial charge in [0.15, 0.2) is 0 Å². The fraction of sp³-hybridized carbons (Fsp3) is 0.250. The summed E-state index contributed by atoms with van der Waals surface area (Å²) < 4.78 is 10.6. The van der Waals surface area contributed by atoms with Crippen LogP contribution in [-0.2, 0) is 11.3 Å². The molecule has 1 aromatic carbocycles. The Kier molecular flexibility index (Phi) is 4.42. The molecule has 0 radical (unpaired) electrons. The second-order valence-electron chi connectivity index (χ2n) is 4.75. The van der Waals surface area contributed by atoms with Crippen LogP contribution >= 0.6 is 0 Å².